The van der Waals surface area contributed by atoms with Gasteiger partial charge < -0.3 is 5.11 Å². The predicted octanol–water partition coefficient (Wildman–Crippen LogP) is 1.55. The van der Waals surface area contributed by atoms with E-state index in [-0.39, 0.29) is 5.75 Å². The molecule has 0 fully saturated rings. The second kappa shape index (κ2) is 3.41. The van der Waals surface area contributed by atoms with Crippen LogP contribution in [0.1, 0.15) is 5.82 Å². The van der Waals surface area contributed by atoms with Crippen LogP contribution in [-0.4, -0.2) is 20.1 Å². The Labute approximate surface area is 81.3 Å². The summed E-state index contributed by atoms with van der Waals surface area (Å²) >= 11 is 0. The summed E-state index contributed by atoms with van der Waals surface area (Å²) in [7, 11) is 0. The first-order chi connectivity index (χ1) is 6.77. The minimum absolute atomic E-state index is 0.179. The largest absolute Gasteiger partial charge is 0.507 e. The van der Waals surface area contributed by atoms with Crippen LogP contribution in [0, 0.1) is 6.92 Å². The van der Waals surface area contributed by atoms with Crippen molar-refractivity contribution in [3.63, 3.8) is 0 Å². The number of hydrogen-bond acceptors (Lipinski definition) is 4. The number of aromatic hydroxyl groups is 1. The fourth-order valence-corrected chi connectivity index (χ4v) is 1.17. The zero-order valence-electron chi connectivity index (χ0n) is 7.68. The van der Waals surface area contributed by atoms with Gasteiger partial charge in [0, 0.05) is 0 Å². The minimum atomic E-state index is 0.179. The molecular formula is C10H9N3O. The van der Waals surface area contributed by atoms with E-state index < -0.39 is 0 Å². The van der Waals surface area contributed by atoms with E-state index >= 15 is 0 Å². The molecule has 1 N–H and O–H groups in total. The highest BCUT2D eigenvalue weighted by atomic mass is 16.3. The van der Waals surface area contributed by atoms with E-state index in [0.29, 0.717) is 17.2 Å². The fourth-order valence-electron chi connectivity index (χ4n) is 1.17. The monoisotopic (exact) mass is 187 g/mol. The Morgan fingerprint density at radius 3 is 2.64 bits per heavy atom. The van der Waals surface area contributed by atoms with Crippen molar-refractivity contribution >= 4 is 0 Å². The normalized spacial score (nSPS) is 10.1. The topological polar surface area (TPSA) is 58.9 Å². The summed E-state index contributed by atoms with van der Waals surface area (Å²) in [6, 6.07) is 6.96. The van der Waals surface area contributed by atoms with Gasteiger partial charge in [-0.2, -0.15) is 0 Å². The molecule has 0 spiro atoms. The first-order valence-electron chi connectivity index (χ1n) is 4.21. The summed E-state index contributed by atoms with van der Waals surface area (Å²) in [5, 5.41) is 9.55. The molecule has 2 aromatic rings. The molecule has 0 atom stereocenters. The van der Waals surface area contributed by atoms with E-state index in [2.05, 4.69) is 15.0 Å². The molecule has 2 rings (SSSR count). The highest BCUT2D eigenvalue weighted by Crippen LogP contribution is 2.24. The van der Waals surface area contributed by atoms with Gasteiger partial charge in [0.25, 0.3) is 0 Å². The zero-order chi connectivity index (χ0) is 9.97. The van der Waals surface area contributed by atoms with Crippen LogP contribution in [-0.2, 0) is 0 Å². The highest BCUT2D eigenvalue weighted by molar-refractivity contribution is 5.62. The van der Waals surface area contributed by atoms with Crippen molar-refractivity contribution in [1.82, 2.24) is 15.0 Å². The number of hydrogen-bond donors (Lipinski definition) is 1. The average Bonchev–Trinajstić information content (AvgIpc) is 2.18. The lowest BCUT2D eigenvalue weighted by molar-refractivity contribution is 0.477. The SMILES string of the molecule is Cc1ncnc(-c2ccccc2O)n1. The van der Waals surface area contributed by atoms with Crippen LogP contribution in [0.5, 0.6) is 5.75 Å². The summed E-state index contributed by atoms with van der Waals surface area (Å²) in [6.45, 7) is 1.78. The van der Waals surface area contributed by atoms with Crippen molar-refractivity contribution in [2.75, 3.05) is 0 Å². The van der Waals surface area contributed by atoms with Crippen molar-refractivity contribution in [1.29, 1.82) is 0 Å². The molecule has 4 heteroatoms. The highest BCUT2D eigenvalue weighted by Gasteiger charge is 2.05. The Bertz CT molecular complexity index is 457. The average molecular weight is 187 g/mol. The van der Waals surface area contributed by atoms with Crippen LogP contribution in [0.3, 0.4) is 0 Å². The summed E-state index contributed by atoms with van der Waals surface area (Å²) in [6.07, 6.45) is 1.43. The van der Waals surface area contributed by atoms with Gasteiger partial charge in [-0.15, -0.1) is 0 Å². The van der Waals surface area contributed by atoms with Gasteiger partial charge in [-0.3, -0.25) is 0 Å². The van der Waals surface area contributed by atoms with Gasteiger partial charge in [0.05, 0.1) is 5.56 Å². The molecular weight excluding hydrogens is 178 g/mol. The zero-order valence-corrected chi connectivity index (χ0v) is 7.68. The minimum Gasteiger partial charge on any atom is -0.507 e. The summed E-state index contributed by atoms with van der Waals surface area (Å²) in [5.74, 6) is 1.31. The van der Waals surface area contributed by atoms with E-state index in [1.54, 1.807) is 25.1 Å². The second-order valence-corrected chi connectivity index (χ2v) is 2.87. The molecule has 0 radical (unpaired) electrons. The van der Waals surface area contributed by atoms with Crippen LogP contribution >= 0.6 is 0 Å². The maximum absolute atomic E-state index is 9.55. The third-order valence-corrected chi connectivity index (χ3v) is 1.84. The summed E-state index contributed by atoms with van der Waals surface area (Å²) in [5.41, 5.74) is 0.623. The van der Waals surface area contributed by atoms with Crippen molar-refractivity contribution in [3.8, 4) is 17.1 Å². The van der Waals surface area contributed by atoms with Gasteiger partial charge in [0.1, 0.15) is 17.9 Å². The molecule has 0 saturated carbocycles. The van der Waals surface area contributed by atoms with Crippen LogP contribution in [0.2, 0.25) is 0 Å². The third-order valence-electron chi connectivity index (χ3n) is 1.84. The molecule has 0 aliphatic carbocycles. The molecule has 1 heterocycles. The molecule has 1 aromatic heterocycles. The lowest BCUT2D eigenvalue weighted by Crippen LogP contribution is -1.93. The van der Waals surface area contributed by atoms with Crippen molar-refractivity contribution in [3.05, 3.63) is 36.4 Å². The van der Waals surface area contributed by atoms with E-state index in [1.165, 1.54) is 6.33 Å². The maximum Gasteiger partial charge on any atom is 0.166 e. The lowest BCUT2D eigenvalue weighted by Gasteiger charge is -2.01. The first kappa shape index (κ1) is 8.62. The van der Waals surface area contributed by atoms with Gasteiger partial charge in [0.15, 0.2) is 5.82 Å². The standard InChI is InChI=1S/C10H9N3O/c1-7-11-6-12-10(13-7)8-4-2-3-5-9(8)14/h2-6,14H,1H3. The number of para-hydroxylation sites is 1. The van der Waals surface area contributed by atoms with Gasteiger partial charge >= 0.3 is 0 Å². The Balaban J connectivity index is 2.55. The van der Waals surface area contributed by atoms with Crippen LogP contribution in [0.25, 0.3) is 11.4 Å². The van der Waals surface area contributed by atoms with Crippen LogP contribution in [0.4, 0.5) is 0 Å². The van der Waals surface area contributed by atoms with Gasteiger partial charge in [-0.05, 0) is 19.1 Å². The number of phenolic OH excluding ortho intramolecular Hbond substituents is 1. The van der Waals surface area contributed by atoms with Crippen LogP contribution < -0.4 is 0 Å². The smallest absolute Gasteiger partial charge is 0.166 e. The molecule has 0 bridgehead atoms. The number of aryl methyl sites for hydroxylation is 1. The first-order valence-corrected chi connectivity index (χ1v) is 4.21. The molecule has 4 nitrogen and oxygen atoms in total. The number of rotatable bonds is 1. The molecule has 0 aliphatic rings. The van der Waals surface area contributed by atoms with Crippen molar-refractivity contribution < 1.29 is 5.11 Å². The molecule has 70 valence electrons. The van der Waals surface area contributed by atoms with E-state index in [1.807, 2.05) is 6.07 Å². The Kier molecular flexibility index (Phi) is 2.10. The van der Waals surface area contributed by atoms with Gasteiger partial charge in [0.2, 0.25) is 0 Å². The molecule has 1 aromatic carbocycles. The lowest BCUT2D eigenvalue weighted by atomic mass is 10.2. The molecule has 0 aliphatic heterocycles. The molecule has 0 unspecified atom stereocenters. The van der Waals surface area contributed by atoms with Crippen molar-refractivity contribution in [2.45, 2.75) is 6.92 Å². The number of benzene rings is 1. The molecule has 0 saturated heterocycles. The molecule has 14 heavy (non-hydrogen) atoms. The predicted molar refractivity (Wildman–Crippen MR) is 51.7 cm³/mol. The van der Waals surface area contributed by atoms with E-state index in [0.717, 1.165) is 0 Å². The Morgan fingerprint density at radius 1 is 1.14 bits per heavy atom. The number of nitrogens with zero attached hydrogens (tertiary/aromatic N) is 3. The Morgan fingerprint density at radius 2 is 1.93 bits per heavy atom. The van der Waals surface area contributed by atoms with Gasteiger partial charge in [-0.1, -0.05) is 12.1 Å². The second-order valence-electron chi connectivity index (χ2n) is 2.87. The van der Waals surface area contributed by atoms with Crippen LogP contribution in [0.15, 0.2) is 30.6 Å². The van der Waals surface area contributed by atoms with Crippen molar-refractivity contribution in [2.24, 2.45) is 0 Å². The number of phenols is 1. The van der Waals surface area contributed by atoms with E-state index in [4.69, 9.17) is 0 Å². The van der Waals surface area contributed by atoms with Gasteiger partial charge in [-0.25, -0.2) is 15.0 Å². The molecule has 0 amide bonds. The van der Waals surface area contributed by atoms with E-state index in [9.17, 15) is 5.11 Å². The quantitative estimate of drug-likeness (QED) is 0.735. The fraction of sp³-hybridized carbons (Fsp3) is 0.100. The Hall–Kier alpha value is -1.97. The number of aromatic nitrogens is 3. The summed E-state index contributed by atoms with van der Waals surface area (Å²) in [4.78, 5) is 12.0. The summed E-state index contributed by atoms with van der Waals surface area (Å²) < 4.78 is 0. The third kappa shape index (κ3) is 1.54. The maximum atomic E-state index is 9.55.